The highest BCUT2D eigenvalue weighted by molar-refractivity contribution is 5.90. The van der Waals surface area contributed by atoms with Gasteiger partial charge in [-0.05, 0) is 35.7 Å². The molecule has 0 aromatic heterocycles. The number of ether oxygens (including phenoxy) is 1. The van der Waals surface area contributed by atoms with Gasteiger partial charge in [-0.1, -0.05) is 42.5 Å². The SMILES string of the molecule is Cc1c(O)c(O)c(C=O)c(COCc2ccccc2)c1-c1ccc(C(F)(F)F)cc1. The van der Waals surface area contributed by atoms with Crippen LogP contribution in [0.3, 0.4) is 0 Å². The molecule has 0 radical (unpaired) electrons. The molecular weight excluding hydrogens is 397 g/mol. The van der Waals surface area contributed by atoms with Gasteiger partial charge in [0.2, 0.25) is 0 Å². The van der Waals surface area contributed by atoms with E-state index < -0.39 is 23.2 Å². The summed E-state index contributed by atoms with van der Waals surface area (Å²) in [4.78, 5) is 11.6. The van der Waals surface area contributed by atoms with Crippen LogP contribution in [-0.4, -0.2) is 16.5 Å². The summed E-state index contributed by atoms with van der Waals surface area (Å²) in [5.74, 6) is -1.09. The number of benzene rings is 3. The van der Waals surface area contributed by atoms with Crippen LogP contribution in [0.1, 0.15) is 32.6 Å². The fourth-order valence-electron chi connectivity index (χ4n) is 3.27. The van der Waals surface area contributed by atoms with Gasteiger partial charge < -0.3 is 14.9 Å². The van der Waals surface area contributed by atoms with Crippen molar-refractivity contribution in [3.8, 4) is 22.6 Å². The van der Waals surface area contributed by atoms with Crippen LogP contribution in [0.4, 0.5) is 13.2 Å². The van der Waals surface area contributed by atoms with E-state index in [1.165, 1.54) is 19.1 Å². The van der Waals surface area contributed by atoms with Gasteiger partial charge in [0.15, 0.2) is 17.8 Å². The van der Waals surface area contributed by atoms with Gasteiger partial charge in [-0.25, -0.2) is 0 Å². The monoisotopic (exact) mass is 416 g/mol. The van der Waals surface area contributed by atoms with Crippen LogP contribution in [0, 0.1) is 6.92 Å². The minimum atomic E-state index is -4.49. The zero-order valence-corrected chi connectivity index (χ0v) is 16.0. The molecule has 7 heteroatoms. The lowest BCUT2D eigenvalue weighted by atomic mass is 9.90. The highest BCUT2D eigenvalue weighted by Crippen LogP contribution is 2.43. The second-order valence-electron chi connectivity index (χ2n) is 6.76. The molecule has 0 aliphatic heterocycles. The van der Waals surface area contributed by atoms with Crippen LogP contribution >= 0.6 is 0 Å². The summed E-state index contributed by atoms with van der Waals surface area (Å²) in [7, 11) is 0. The molecule has 0 unspecified atom stereocenters. The van der Waals surface area contributed by atoms with Crippen LogP contribution in [0.2, 0.25) is 0 Å². The molecule has 30 heavy (non-hydrogen) atoms. The van der Waals surface area contributed by atoms with Crippen molar-refractivity contribution in [2.75, 3.05) is 0 Å². The van der Waals surface area contributed by atoms with Crippen molar-refractivity contribution < 1.29 is 32.9 Å². The van der Waals surface area contributed by atoms with Crippen molar-refractivity contribution in [3.05, 3.63) is 82.4 Å². The third kappa shape index (κ3) is 4.31. The summed E-state index contributed by atoms with van der Waals surface area (Å²) in [5.41, 5.74) is 1.13. The fraction of sp³-hybridized carbons (Fsp3) is 0.174. The van der Waals surface area contributed by atoms with E-state index in [9.17, 15) is 28.2 Å². The third-order valence-corrected chi connectivity index (χ3v) is 4.81. The highest BCUT2D eigenvalue weighted by Gasteiger charge is 2.30. The maximum absolute atomic E-state index is 12.9. The molecule has 3 aromatic carbocycles. The largest absolute Gasteiger partial charge is 0.504 e. The number of phenolic OH excluding ortho intramolecular Hbond substituents is 2. The van der Waals surface area contributed by atoms with Gasteiger partial charge in [-0.2, -0.15) is 13.2 Å². The smallest absolute Gasteiger partial charge is 0.416 e. The number of hydrogen-bond acceptors (Lipinski definition) is 4. The van der Waals surface area contributed by atoms with Crippen LogP contribution in [-0.2, 0) is 24.1 Å². The van der Waals surface area contributed by atoms with E-state index in [1.54, 1.807) is 0 Å². The van der Waals surface area contributed by atoms with Gasteiger partial charge in [-0.15, -0.1) is 0 Å². The van der Waals surface area contributed by atoms with Gasteiger partial charge in [-0.3, -0.25) is 4.79 Å². The Bertz CT molecular complexity index is 1040. The van der Waals surface area contributed by atoms with Gasteiger partial charge in [0.1, 0.15) is 0 Å². The zero-order chi connectivity index (χ0) is 21.9. The number of aromatic hydroxyl groups is 2. The first-order valence-electron chi connectivity index (χ1n) is 9.06. The molecule has 0 spiro atoms. The number of hydrogen-bond donors (Lipinski definition) is 2. The Kier molecular flexibility index (Phi) is 6.12. The Hall–Kier alpha value is -3.32. The Morgan fingerprint density at radius 1 is 0.933 bits per heavy atom. The number of carbonyl (C=O) groups excluding carboxylic acids is 1. The minimum Gasteiger partial charge on any atom is -0.504 e. The Morgan fingerprint density at radius 2 is 1.57 bits per heavy atom. The first-order chi connectivity index (χ1) is 14.2. The Balaban J connectivity index is 2.04. The van der Waals surface area contributed by atoms with Crippen molar-refractivity contribution in [2.45, 2.75) is 26.3 Å². The summed E-state index contributed by atoms with van der Waals surface area (Å²) in [5, 5.41) is 20.5. The zero-order valence-electron chi connectivity index (χ0n) is 16.0. The van der Waals surface area contributed by atoms with E-state index in [0.29, 0.717) is 17.4 Å². The summed E-state index contributed by atoms with van der Waals surface area (Å²) in [6.45, 7) is 1.65. The van der Waals surface area contributed by atoms with Crippen molar-refractivity contribution in [3.63, 3.8) is 0 Å². The predicted molar refractivity (Wildman–Crippen MR) is 105 cm³/mol. The molecule has 0 bridgehead atoms. The molecule has 4 nitrogen and oxygen atoms in total. The number of phenols is 2. The molecule has 0 aliphatic carbocycles. The maximum Gasteiger partial charge on any atom is 0.416 e. The van der Waals surface area contributed by atoms with Crippen LogP contribution < -0.4 is 0 Å². The highest BCUT2D eigenvalue weighted by atomic mass is 19.4. The van der Waals surface area contributed by atoms with Crippen molar-refractivity contribution in [1.82, 2.24) is 0 Å². The number of alkyl halides is 3. The van der Waals surface area contributed by atoms with Gasteiger partial charge >= 0.3 is 6.18 Å². The van der Waals surface area contributed by atoms with Gasteiger partial charge in [0.25, 0.3) is 0 Å². The van der Waals surface area contributed by atoms with Gasteiger partial charge in [0.05, 0.1) is 24.3 Å². The minimum absolute atomic E-state index is 0.0893. The average molecular weight is 416 g/mol. The first kappa shape index (κ1) is 21.4. The van der Waals surface area contributed by atoms with E-state index in [1.807, 2.05) is 30.3 Å². The van der Waals surface area contributed by atoms with Crippen LogP contribution in [0.25, 0.3) is 11.1 Å². The molecule has 2 N–H and O–H groups in total. The molecule has 0 amide bonds. The molecular formula is C23H19F3O4. The summed E-state index contributed by atoms with van der Waals surface area (Å²) < 4.78 is 44.4. The lowest BCUT2D eigenvalue weighted by Crippen LogP contribution is -2.06. The quantitative estimate of drug-likeness (QED) is 0.404. The molecule has 3 rings (SSSR count). The molecule has 0 saturated heterocycles. The lowest BCUT2D eigenvalue weighted by molar-refractivity contribution is -0.137. The molecule has 3 aromatic rings. The molecule has 0 atom stereocenters. The van der Waals surface area contributed by atoms with E-state index in [4.69, 9.17) is 4.74 Å². The number of rotatable bonds is 6. The van der Waals surface area contributed by atoms with Crippen molar-refractivity contribution in [2.24, 2.45) is 0 Å². The molecule has 0 fully saturated rings. The van der Waals surface area contributed by atoms with E-state index in [0.717, 1.165) is 17.7 Å². The topological polar surface area (TPSA) is 66.8 Å². The van der Waals surface area contributed by atoms with Crippen LogP contribution in [0.5, 0.6) is 11.5 Å². The summed E-state index contributed by atoms with van der Waals surface area (Å²) in [6.07, 6.45) is -4.09. The lowest BCUT2D eigenvalue weighted by Gasteiger charge is -2.19. The number of halogens is 3. The van der Waals surface area contributed by atoms with Crippen LogP contribution in [0.15, 0.2) is 54.6 Å². The summed E-state index contributed by atoms with van der Waals surface area (Å²) >= 11 is 0. The first-order valence-corrected chi connectivity index (χ1v) is 9.06. The van der Waals surface area contributed by atoms with E-state index in [2.05, 4.69) is 0 Å². The standard InChI is InChI=1S/C23H19F3O4/c1-14-20(16-7-9-17(10-8-16)23(24,25)26)19(18(11-27)22(29)21(14)28)13-30-12-15-5-3-2-4-6-15/h2-11,28-29H,12-13H2,1H3. The Labute approximate surface area is 171 Å². The average Bonchev–Trinajstić information content (AvgIpc) is 2.73. The fourth-order valence-corrected chi connectivity index (χ4v) is 3.27. The van der Waals surface area contributed by atoms with E-state index in [-0.39, 0.29) is 29.9 Å². The second-order valence-corrected chi connectivity index (χ2v) is 6.76. The predicted octanol–water partition coefficient (Wildman–Crippen LogP) is 5.62. The molecule has 0 aliphatic rings. The van der Waals surface area contributed by atoms with Gasteiger partial charge in [0, 0.05) is 11.1 Å². The second kappa shape index (κ2) is 8.59. The Morgan fingerprint density at radius 3 is 2.13 bits per heavy atom. The molecule has 0 saturated carbocycles. The van der Waals surface area contributed by atoms with Crippen molar-refractivity contribution in [1.29, 1.82) is 0 Å². The summed E-state index contributed by atoms with van der Waals surface area (Å²) in [6, 6.07) is 13.6. The maximum atomic E-state index is 12.9. The number of aldehydes is 1. The molecule has 0 heterocycles. The molecule has 156 valence electrons. The number of carbonyl (C=O) groups is 1. The van der Waals surface area contributed by atoms with Crippen molar-refractivity contribution >= 4 is 6.29 Å². The normalized spacial score (nSPS) is 11.5. The van der Waals surface area contributed by atoms with E-state index >= 15 is 0 Å². The third-order valence-electron chi connectivity index (χ3n) is 4.81.